The topological polar surface area (TPSA) is 35.5 Å². The lowest BCUT2D eigenvalue weighted by molar-refractivity contribution is -0.255. The molecule has 0 aliphatic heterocycles. The van der Waals surface area contributed by atoms with Gasteiger partial charge in [0.2, 0.25) is 5.78 Å². The average molecular weight is 319 g/mol. The van der Waals surface area contributed by atoms with Crippen LogP contribution in [0, 0.1) is 0 Å². The Morgan fingerprint density at radius 3 is 1.90 bits per heavy atom. The van der Waals surface area contributed by atoms with Crippen LogP contribution in [0.2, 0.25) is 5.02 Å². The third-order valence-corrected chi connectivity index (χ3v) is 2.67. The SMILES string of the molecule is COc1cc(Cl)c(C(=O)C(F)(F)C(F)(F)F)cc1OC. The molecule has 0 amide bonds. The van der Waals surface area contributed by atoms with E-state index in [1.807, 2.05) is 0 Å². The third-order valence-electron chi connectivity index (χ3n) is 2.36. The van der Waals surface area contributed by atoms with Crippen LogP contribution in [0.1, 0.15) is 10.4 Å². The summed E-state index contributed by atoms with van der Waals surface area (Å²) in [6, 6.07) is 1.59. The summed E-state index contributed by atoms with van der Waals surface area (Å²) >= 11 is 5.53. The van der Waals surface area contributed by atoms with E-state index in [-0.39, 0.29) is 11.5 Å². The first-order valence-electron chi connectivity index (χ1n) is 4.97. The van der Waals surface area contributed by atoms with E-state index in [1.54, 1.807) is 0 Å². The number of ether oxygens (including phenoxy) is 2. The van der Waals surface area contributed by atoms with Gasteiger partial charge >= 0.3 is 12.1 Å². The van der Waals surface area contributed by atoms with Gasteiger partial charge < -0.3 is 9.47 Å². The lowest BCUT2D eigenvalue weighted by Crippen LogP contribution is -2.44. The average Bonchev–Trinajstić information content (AvgIpc) is 2.36. The zero-order chi connectivity index (χ0) is 15.7. The summed E-state index contributed by atoms with van der Waals surface area (Å²) in [5.41, 5.74) is -1.01. The monoisotopic (exact) mass is 318 g/mol. The molecule has 0 spiro atoms. The van der Waals surface area contributed by atoms with Crippen molar-refractivity contribution in [2.24, 2.45) is 0 Å². The van der Waals surface area contributed by atoms with Gasteiger partial charge in [0.1, 0.15) is 0 Å². The Hall–Kier alpha value is -1.57. The molecule has 3 nitrogen and oxygen atoms in total. The second-order valence-corrected chi connectivity index (χ2v) is 4.00. The molecular formula is C11H8ClF5O3. The summed E-state index contributed by atoms with van der Waals surface area (Å²) in [6.45, 7) is 0. The molecule has 0 saturated carbocycles. The van der Waals surface area contributed by atoms with Gasteiger partial charge in [-0.15, -0.1) is 0 Å². The van der Waals surface area contributed by atoms with Crippen LogP contribution in [-0.2, 0) is 0 Å². The van der Waals surface area contributed by atoms with Crippen LogP contribution in [0.25, 0.3) is 0 Å². The summed E-state index contributed by atoms with van der Waals surface area (Å²) in [6.07, 6.45) is -6.01. The molecule has 1 rings (SSSR count). The Balaban J connectivity index is 3.37. The molecule has 0 radical (unpaired) electrons. The highest BCUT2D eigenvalue weighted by atomic mass is 35.5. The van der Waals surface area contributed by atoms with Crippen molar-refractivity contribution >= 4 is 17.4 Å². The Morgan fingerprint density at radius 2 is 1.50 bits per heavy atom. The normalized spacial score (nSPS) is 12.2. The van der Waals surface area contributed by atoms with E-state index >= 15 is 0 Å². The van der Waals surface area contributed by atoms with Crippen LogP contribution in [0.15, 0.2) is 12.1 Å². The molecule has 0 N–H and O–H groups in total. The number of hydrogen-bond donors (Lipinski definition) is 0. The van der Waals surface area contributed by atoms with Gasteiger partial charge in [-0.25, -0.2) is 0 Å². The summed E-state index contributed by atoms with van der Waals surface area (Å²) in [5.74, 6) is -8.21. The summed E-state index contributed by atoms with van der Waals surface area (Å²) in [4.78, 5) is 11.4. The number of benzene rings is 1. The number of Topliss-reactive ketones (excluding diaryl/α,β-unsaturated/α-hetero) is 1. The number of rotatable bonds is 4. The van der Waals surface area contributed by atoms with Crippen molar-refractivity contribution in [3.63, 3.8) is 0 Å². The maximum Gasteiger partial charge on any atom is 0.461 e. The minimum Gasteiger partial charge on any atom is -0.493 e. The highest BCUT2D eigenvalue weighted by Crippen LogP contribution is 2.41. The zero-order valence-electron chi connectivity index (χ0n) is 10.1. The third kappa shape index (κ3) is 2.79. The quantitative estimate of drug-likeness (QED) is 0.627. The number of carbonyl (C=O) groups excluding carboxylic acids is 1. The smallest absolute Gasteiger partial charge is 0.461 e. The molecule has 20 heavy (non-hydrogen) atoms. The lowest BCUT2D eigenvalue weighted by Gasteiger charge is -2.19. The largest absolute Gasteiger partial charge is 0.493 e. The Bertz CT molecular complexity index is 528. The minimum absolute atomic E-state index is 0.00984. The van der Waals surface area contributed by atoms with E-state index < -0.39 is 28.5 Å². The van der Waals surface area contributed by atoms with E-state index in [0.717, 1.165) is 13.2 Å². The first-order valence-corrected chi connectivity index (χ1v) is 5.35. The molecule has 0 unspecified atom stereocenters. The molecule has 0 fully saturated rings. The Morgan fingerprint density at radius 1 is 1.05 bits per heavy atom. The Labute approximate surface area is 115 Å². The van der Waals surface area contributed by atoms with E-state index in [0.29, 0.717) is 6.07 Å². The maximum absolute atomic E-state index is 13.0. The van der Waals surface area contributed by atoms with Crippen molar-refractivity contribution in [2.45, 2.75) is 12.1 Å². The number of methoxy groups -OCH3 is 2. The van der Waals surface area contributed by atoms with Gasteiger partial charge in [0, 0.05) is 11.6 Å². The lowest BCUT2D eigenvalue weighted by atomic mass is 10.0. The molecule has 1 aromatic rings. The molecule has 0 aliphatic carbocycles. The fraction of sp³-hybridized carbons (Fsp3) is 0.364. The van der Waals surface area contributed by atoms with Crippen molar-refractivity contribution in [1.29, 1.82) is 0 Å². The van der Waals surface area contributed by atoms with Gasteiger partial charge in [-0.2, -0.15) is 22.0 Å². The fourth-order valence-corrected chi connectivity index (χ4v) is 1.57. The number of hydrogen-bond acceptors (Lipinski definition) is 3. The number of halogens is 6. The van der Waals surface area contributed by atoms with Crippen LogP contribution in [0.4, 0.5) is 22.0 Å². The van der Waals surface area contributed by atoms with Gasteiger partial charge in [0.15, 0.2) is 11.5 Å². The van der Waals surface area contributed by atoms with Gasteiger partial charge in [0.25, 0.3) is 0 Å². The highest BCUT2D eigenvalue weighted by molar-refractivity contribution is 6.34. The van der Waals surface area contributed by atoms with E-state index in [4.69, 9.17) is 21.1 Å². The van der Waals surface area contributed by atoms with Crippen LogP contribution in [0.3, 0.4) is 0 Å². The minimum atomic E-state index is -6.01. The van der Waals surface area contributed by atoms with Gasteiger partial charge in [-0.05, 0) is 6.07 Å². The highest BCUT2D eigenvalue weighted by Gasteiger charge is 2.63. The second-order valence-electron chi connectivity index (χ2n) is 3.59. The summed E-state index contributed by atoms with van der Waals surface area (Å²) < 4.78 is 72.0. The summed E-state index contributed by atoms with van der Waals surface area (Å²) in [7, 11) is 2.34. The number of alkyl halides is 5. The van der Waals surface area contributed by atoms with Crippen molar-refractivity contribution in [2.75, 3.05) is 14.2 Å². The molecule has 0 aromatic heterocycles. The molecular weight excluding hydrogens is 311 g/mol. The van der Waals surface area contributed by atoms with Gasteiger partial charge in [0.05, 0.1) is 19.2 Å². The molecule has 112 valence electrons. The molecule has 0 saturated heterocycles. The van der Waals surface area contributed by atoms with Crippen molar-refractivity contribution < 1.29 is 36.2 Å². The first kappa shape index (κ1) is 16.5. The van der Waals surface area contributed by atoms with Crippen LogP contribution in [-0.4, -0.2) is 32.1 Å². The van der Waals surface area contributed by atoms with Gasteiger partial charge in [-0.1, -0.05) is 11.6 Å². The van der Waals surface area contributed by atoms with Crippen LogP contribution in [0.5, 0.6) is 11.5 Å². The van der Waals surface area contributed by atoms with E-state index in [2.05, 4.69) is 0 Å². The zero-order valence-corrected chi connectivity index (χ0v) is 10.9. The van der Waals surface area contributed by atoms with Crippen molar-refractivity contribution in [3.8, 4) is 11.5 Å². The second kappa shape index (κ2) is 5.43. The molecule has 9 heteroatoms. The number of ketones is 1. The standard InChI is InChI=1S/C11H8ClF5O3/c1-19-7-3-5(6(12)4-8(7)20-2)9(18)10(13,14)11(15,16)17/h3-4H,1-2H3. The van der Waals surface area contributed by atoms with Crippen molar-refractivity contribution in [1.82, 2.24) is 0 Å². The molecule has 0 aliphatic rings. The predicted octanol–water partition coefficient (Wildman–Crippen LogP) is 3.74. The molecule has 1 aromatic carbocycles. The Kier molecular flexibility index (Phi) is 4.48. The fourth-order valence-electron chi connectivity index (χ4n) is 1.33. The molecule has 0 heterocycles. The van der Waals surface area contributed by atoms with Crippen LogP contribution >= 0.6 is 11.6 Å². The maximum atomic E-state index is 13.0. The van der Waals surface area contributed by atoms with E-state index in [1.165, 1.54) is 7.11 Å². The van der Waals surface area contributed by atoms with E-state index in [9.17, 15) is 26.7 Å². The summed E-state index contributed by atoms with van der Waals surface area (Å²) in [5, 5.41) is -0.600. The molecule has 0 bridgehead atoms. The number of carbonyl (C=O) groups is 1. The van der Waals surface area contributed by atoms with Crippen molar-refractivity contribution in [3.05, 3.63) is 22.7 Å². The van der Waals surface area contributed by atoms with Crippen LogP contribution < -0.4 is 9.47 Å². The first-order chi connectivity index (χ1) is 9.06. The predicted molar refractivity (Wildman–Crippen MR) is 59.9 cm³/mol. The van der Waals surface area contributed by atoms with Gasteiger partial charge in [-0.3, -0.25) is 4.79 Å². The molecule has 0 atom stereocenters.